The number of nitrogens with one attached hydrogen (secondary N) is 2. The van der Waals surface area contributed by atoms with Gasteiger partial charge < -0.3 is 15.4 Å². The highest BCUT2D eigenvalue weighted by molar-refractivity contribution is 8.22. The van der Waals surface area contributed by atoms with E-state index in [4.69, 9.17) is 4.74 Å². The van der Waals surface area contributed by atoms with E-state index in [-0.39, 0.29) is 23.7 Å². The van der Waals surface area contributed by atoms with Crippen LogP contribution in [-0.2, 0) is 19.1 Å². The third-order valence-electron chi connectivity index (χ3n) is 6.33. The topological polar surface area (TPSA) is 84.5 Å². The molecule has 0 spiro atoms. The lowest BCUT2D eigenvalue weighted by molar-refractivity contribution is -0.144. The minimum Gasteiger partial charge on any atom is -0.464 e. The van der Waals surface area contributed by atoms with Crippen LogP contribution in [0.15, 0.2) is 60.7 Å². The number of carbonyl (C=O) groups excluding carboxylic acids is 3. The summed E-state index contributed by atoms with van der Waals surface area (Å²) in [5.74, 6) is 0.472. The predicted molar refractivity (Wildman–Crippen MR) is 153 cm³/mol. The van der Waals surface area contributed by atoms with Crippen LogP contribution in [0.4, 0.5) is 0 Å². The van der Waals surface area contributed by atoms with Crippen molar-refractivity contribution in [2.75, 3.05) is 18.1 Å². The van der Waals surface area contributed by atoms with Crippen molar-refractivity contribution in [1.29, 1.82) is 0 Å². The number of benzene rings is 2. The second kappa shape index (κ2) is 13.9. The number of ether oxygens (including phenoxy) is 1. The zero-order chi connectivity index (χ0) is 26.8. The molecule has 2 atom stereocenters. The molecule has 1 saturated heterocycles. The summed E-state index contributed by atoms with van der Waals surface area (Å²) in [5.41, 5.74) is 1.72. The van der Waals surface area contributed by atoms with Crippen LogP contribution in [0.3, 0.4) is 0 Å². The van der Waals surface area contributed by atoms with Crippen LogP contribution in [0.25, 0.3) is 0 Å². The Morgan fingerprint density at radius 1 is 0.865 bits per heavy atom. The van der Waals surface area contributed by atoms with Gasteiger partial charge in [-0.15, -0.1) is 23.5 Å². The first-order chi connectivity index (χ1) is 17.8. The highest BCUT2D eigenvalue weighted by Crippen LogP contribution is 2.48. The molecule has 1 aliphatic rings. The predicted octanol–water partition coefficient (Wildman–Crippen LogP) is 4.98. The van der Waals surface area contributed by atoms with Gasteiger partial charge in [-0.1, -0.05) is 81.4 Å². The standard InChI is InChI=1S/C29H38N2O4S2/c1-5-24(29(28(34)35-6-2)36-17-18-37-29)31-26(32)23(19-20(3)4)30-27(33)25(21-13-9-7-10-14-21)22-15-11-8-12-16-22/h7-16,20,23-25H,5-6,17-19H2,1-4H3,(H,30,33)(H,31,32)/t23-,24?/m0/s1. The minimum absolute atomic E-state index is 0.178. The van der Waals surface area contributed by atoms with Crippen LogP contribution in [0.5, 0.6) is 0 Å². The summed E-state index contributed by atoms with van der Waals surface area (Å²) in [6, 6.07) is 18.1. The van der Waals surface area contributed by atoms with Crippen LogP contribution < -0.4 is 10.6 Å². The first-order valence-electron chi connectivity index (χ1n) is 13.0. The monoisotopic (exact) mass is 542 g/mol. The first kappa shape index (κ1) is 29.1. The third kappa shape index (κ3) is 7.32. The number of esters is 1. The van der Waals surface area contributed by atoms with Gasteiger partial charge in [0, 0.05) is 11.5 Å². The number of amides is 2. The highest BCUT2D eigenvalue weighted by atomic mass is 32.2. The molecular formula is C29H38N2O4S2. The van der Waals surface area contributed by atoms with Crippen molar-refractivity contribution >= 4 is 41.3 Å². The quantitative estimate of drug-likeness (QED) is 0.368. The van der Waals surface area contributed by atoms with Crippen molar-refractivity contribution in [3.8, 4) is 0 Å². The highest BCUT2D eigenvalue weighted by Gasteiger charge is 2.51. The molecule has 0 aliphatic carbocycles. The molecule has 8 heteroatoms. The lowest BCUT2D eigenvalue weighted by Gasteiger charge is -2.35. The van der Waals surface area contributed by atoms with Crippen molar-refractivity contribution in [1.82, 2.24) is 10.6 Å². The van der Waals surface area contributed by atoms with Gasteiger partial charge in [0.2, 0.25) is 11.8 Å². The molecule has 6 nitrogen and oxygen atoms in total. The molecule has 1 aliphatic heterocycles. The van der Waals surface area contributed by atoms with E-state index < -0.39 is 22.1 Å². The number of hydrogen-bond donors (Lipinski definition) is 2. The summed E-state index contributed by atoms with van der Waals surface area (Å²) < 4.78 is 4.54. The first-order valence-corrected chi connectivity index (χ1v) is 14.9. The van der Waals surface area contributed by atoms with E-state index in [2.05, 4.69) is 10.6 Å². The smallest absolute Gasteiger partial charge is 0.334 e. The molecule has 0 aromatic heterocycles. The average Bonchev–Trinajstić information content (AvgIpc) is 3.39. The van der Waals surface area contributed by atoms with Crippen molar-refractivity contribution in [3.05, 3.63) is 71.8 Å². The average molecular weight is 543 g/mol. The largest absolute Gasteiger partial charge is 0.464 e. The lowest BCUT2D eigenvalue weighted by Crippen LogP contribution is -2.57. The van der Waals surface area contributed by atoms with Gasteiger partial charge in [-0.25, -0.2) is 4.79 Å². The Kier molecular flexibility index (Phi) is 10.9. The van der Waals surface area contributed by atoms with Crippen LogP contribution in [-0.4, -0.2) is 52.1 Å². The molecule has 0 bridgehead atoms. The normalized spacial score (nSPS) is 16.3. The van der Waals surface area contributed by atoms with Crippen molar-refractivity contribution in [3.63, 3.8) is 0 Å². The Morgan fingerprint density at radius 2 is 1.41 bits per heavy atom. The Morgan fingerprint density at radius 3 is 1.86 bits per heavy atom. The van der Waals surface area contributed by atoms with Crippen LogP contribution in [0.1, 0.15) is 57.6 Å². The molecule has 2 amide bonds. The fourth-order valence-electron chi connectivity index (χ4n) is 4.60. The van der Waals surface area contributed by atoms with Crippen LogP contribution >= 0.6 is 23.5 Å². The summed E-state index contributed by atoms with van der Waals surface area (Å²) in [4.78, 5) is 40.4. The van der Waals surface area contributed by atoms with Gasteiger partial charge in [-0.2, -0.15) is 0 Å². The van der Waals surface area contributed by atoms with Gasteiger partial charge >= 0.3 is 5.97 Å². The maximum absolute atomic E-state index is 13.7. The third-order valence-corrected chi connectivity index (χ3v) is 9.87. The number of thioether (sulfide) groups is 2. The van der Waals surface area contributed by atoms with Crippen molar-refractivity contribution in [2.24, 2.45) is 5.92 Å². The second-order valence-electron chi connectivity index (χ2n) is 9.50. The molecule has 1 fully saturated rings. The van der Waals surface area contributed by atoms with Gasteiger partial charge in [0.05, 0.1) is 18.6 Å². The van der Waals surface area contributed by atoms with Gasteiger partial charge in [-0.05, 0) is 36.8 Å². The van der Waals surface area contributed by atoms with E-state index in [0.29, 0.717) is 19.4 Å². The Labute approximate surface area is 229 Å². The van der Waals surface area contributed by atoms with E-state index in [1.165, 1.54) is 23.5 Å². The van der Waals surface area contributed by atoms with E-state index >= 15 is 0 Å². The summed E-state index contributed by atoms with van der Waals surface area (Å²) in [6.07, 6.45) is 1.06. The summed E-state index contributed by atoms with van der Waals surface area (Å²) in [6.45, 7) is 8.09. The van der Waals surface area contributed by atoms with Crippen molar-refractivity contribution < 1.29 is 19.1 Å². The SMILES string of the molecule is CCOC(=O)C1(C(CC)NC(=O)[C@H](CC(C)C)NC(=O)C(c2ccccc2)c2ccccc2)SCCS1. The molecule has 2 N–H and O–H groups in total. The summed E-state index contributed by atoms with van der Waals surface area (Å²) >= 11 is 3.08. The fraction of sp³-hybridized carbons (Fsp3) is 0.483. The zero-order valence-corrected chi connectivity index (χ0v) is 23.7. The van der Waals surface area contributed by atoms with Gasteiger partial charge in [0.15, 0.2) is 4.08 Å². The lowest BCUT2D eigenvalue weighted by atomic mass is 9.90. The van der Waals surface area contributed by atoms with Gasteiger partial charge in [-0.3, -0.25) is 9.59 Å². The molecule has 37 heavy (non-hydrogen) atoms. The maximum atomic E-state index is 13.7. The number of carbonyl (C=O) groups is 3. The van der Waals surface area contributed by atoms with Gasteiger partial charge in [0.1, 0.15) is 6.04 Å². The number of hydrogen-bond acceptors (Lipinski definition) is 6. The Hall–Kier alpha value is -2.45. The maximum Gasteiger partial charge on any atom is 0.334 e. The Balaban J connectivity index is 1.85. The van der Waals surface area contributed by atoms with Crippen molar-refractivity contribution in [2.45, 2.75) is 62.6 Å². The molecule has 200 valence electrons. The van der Waals surface area contributed by atoms with Gasteiger partial charge in [0.25, 0.3) is 0 Å². The van der Waals surface area contributed by atoms with Crippen LogP contribution in [0, 0.1) is 5.92 Å². The van der Waals surface area contributed by atoms with E-state index in [1.54, 1.807) is 6.92 Å². The fourth-order valence-corrected chi connectivity index (χ4v) is 7.92. The van der Waals surface area contributed by atoms with Crippen LogP contribution in [0.2, 0.25) is 0 Å². The molecule has 1 unspecified atom stereocenters. The Bertz CT molecular complexity index is 987. The molecule has 1 heterocycles. The van der Waals surface area contributed by atoms with E-state index in [0.717, 1.165) is 22.6 Å². The molecule has 0 radical (unpaired) electrons. The second-order valence-corrected chi connectivity index (χ2v) is 12.4. The van der Waals surface area contributed by atoms with E-state index in [1.807, 2.05) is 81.4 Å². The molecule has 0 saturated carbocycles. The molecular weight excluding hydrogens is 504 g/mol. The zero-order valence-electron chi connectivity index (χ0n) is 22.1. The minimum atomic E-state index is -0.872. The number of rotatable bonds is 12. The summed E-state index contributed by atoms with van der Waals surface area (Å²) in [7, 11) is 0. The molecule has 3 rings (SSSR count). The molecule has 2 aromatic rings. The van der Waals surface area contributed by atoms with E-state index in [9.17, 15) is 14.4 Å². The summed E-state index contributed by atoms with van der Waals surface area (Å²) in [5, 5.41) is 6.17. The molecule has 2 aromatic carbocycles.